The monoisotopic (exact) mass is 267 g/mol. The van der Waals surface area contributed by atoms with Crippen molar-refractivity contribution in [2.45, 2.75) is 18.7 Å². The van der Waals surface area contributed by atoms with Crippen LogP contribution in [0.25, 0.3) is 11.1 Å². The van der Waals surface area contributed by atoms with Gasteiger partial charge in [0, 0.05) is 16.8 Å². The minimum Gasteiger partial charge on any atom is -0.399 e. The lowest BCUT2D eigenvalue weighted by Crippen LogP contribution is -2.14. The molecule has 0 radical (unpaired) electrons. The number of sulfonamides is 1. The maximum absolute atomic E-state index is 11.6. The van der Waals surface area contributed by atoms with Gasteiger partial charge in [-0.15, -0.1) is 0 Å². The summed E-state index contributed by atoms with van der Waals surface area (Å²) in [7, 11) is -3.86. The van der Waals surface area contributed by atoms with E-state index in [4.69, 9.17) is 15.4 Å². The molecule has 1 heterocycles. The van der Waals surface area contributed by atoms with Crippen molar-refractivity contribution in [1.82, 2.24) is 5.16 Å². The van der Waals surface area contributed by atoms with Crippen LogP contribution in [0.5, 0.6) is 0 Å². The quantitative estimate of drug-likeness (QED) is 0.793. The van der Waals surface area contributed by atoms with E-state index in [1.807, 2.05) is 0 Å². The van der Waals surface area contributed by atoms with Gasteiger partial charge in [-0.2, -0.15) is 0 Å². The van der Waals surface area contributed by atoms with Crippen LogP contribution in [-0.2, 0) is 10.0 Å². The number of hydrogen-bond donors (Lipinski definition) is 2. The summed E-state index contributed by atoms with van der Waals surface area (Å²) >= 11 is 0. The number of nitrogen functional groups attached to an aromatic ring is 1. The average molecular weight is 267 g/mol. The summed E-state index contributed by atoms with van der Waals surface area (Å²) in [5.74, 6) is 0.530. The van der Waals surface area contributed by atoms with Gasteiger partial charge in [-0.25, -0.2) is 13.6 Å². The van der Waals surface area contributed by atoms with E-state index >= 15 is 0 Å². The van der Waals surface area contributed by atoms with Crippen molar-refractivity contribution in [1.29, 1.82) is 0 Å². The average Bonchev–Trinajstić information content (AvgIpc) is 2.58. The zero-order valence-corrected chi connectivity index (χ0v) is 10.8. The molecule has 1 aromatic carbocycles. The molecule has 0 aliphatic heterocycles. The summed E-state index contributed by atoms with van der Waals surface area (Å²) in [6, 6.07) is 4.54. The maximum atomic E-state index is 11.6. The molecule has 2 rings (SSSR count). The van der Waals surface area contributed by atoms with Gasteiger partial charge in [0.1, 0.15) is 5.76 Å². The van der Waals surface area contributed by atoms with Gasteiger partial charge in [0.25, 0.3) is 0 Å². The van der Waals surface area contributed by atoms with Crippen molar-refractivity contribution >= 4 is 15.7 Å². The zero-order chi connectivity index (χ0) is 13.5. The smallest absolute Gasteiger partial charge is 0.238 e. The van der Waals surface area contributed by atoms with Crippen molar-refractivity contribution in [2.24, 2.45) is 5.14 Å². The second-order valence-corrected chi connectivity index (χ2v) is 5.53. The third-order valence-corrected chi connectivity index (χ3v) is 3.57. The topological polar surface area (TPSA) is 112 Å². The molecule has 0 unspecified atom stereocenters. The van der Waals surface area contributed by atoms with Gasteiger partial charge in [-0.05, 0) is 26.0 Å². The van der Waals surface area contributed by atoms with Crippen LogP contribution >= 0.6 is 0 Å². The number of benzene rings is 1. The molecular formula is C11H13N3O3S. The van der Waals surface area contributed by atoms with Crippen LogP contribution in [-0.4, -0.2) is 13.6 Å². The Morgan fingerprint density at radius 2 is 1.94 bits per heavy atom. The third-order valence-electron chi connectivity index (χ3n) is 2.61. The molecule has 0 aliphatic carbocycles. The fraction of sp³-hybridized carbons (Fsp3) is 0.182. The van der Waals surface area contributed by atoms with Crippen LogP contribution in [0.1, 0.15) is 11.5 Å². The number of aromatic nitrogens is 1. The van der Waals surface area contributed by atoms with Crippen molar-refractivity contribution in [3.8, 4) is 11.1 Å². The standard InChI is InChI=1S/C11H13N3O3S/c1-6-11(7(2)17-14-6)9-4-3-8(12)5-10(9)18(13,15)16/h3-5H,12H2,1-2H3,(H2,13,15,16). The Morgan fingerprint density at radius 3 is 2.44 bits per heavy atom. The van der Waals surface area contributed by atoms with Gasteiger partial charge >= 0.3 is 0 Å². The van der Waals surface area contributed by atoms with Gasteiger partial charge in [-0.1, -0.05) is 11.2 Å². The number of nitrogens with zero attached hydrogens (tertiary/aromatic N) is 1. The highest BCUT2D eigenvalue weighted by Crippen LogP contribution is 2.32. The van der Waals surface area contributed by atoms with Crippen LogP contribution in [0.2, 0.25) is 0 Å². The predicted octanol–water partition coefficient (Wildman–Crippen LogP) is 1.19. The number of primary sulfonamides is 1. The Labute approximate surface area is 105 Å². The zero-order valence-electron chi connectivity index (χ0n) is 9.97. The lowest BCUT2D eigenvalue weighted by molar-refractivity contribution is 0.393. The molecule has 0 saturated carbocycles. The van der Waals surface area contributed by atoms with Crippen LogP contribution < -0.4 is 10.9 Å². The molecule has 0 bridgehead atoms. The highest BCUT2D eigenvalue weighted by atomic mass is 32.2. The van der Waals surface area contributed by atoms with E-state index < -0.39 is 10.0 Å². The van der Waals surface area contributed by atoms with Crippen molar-refractivity contribution in [3.05, 3.63) is 29.7 Å². The molecule has 0 amide bonds. The summed E-state index contributed by atoms with van der Waals surface area (Å²) in [5.41, 5.74) is 7.59. The first kappa shape index (κ1) is 12.6. The molecule has 96 valence electrons. The molecule has 4 N–H and O–H groups in total. The van der Waals surface area contributed by atoms with Gasteiger partial charge in [0.15, 0.2) is 0 Å². The Bertz CT molecular complexity index is 685. The lowest BCUT2D eigenvalue weighted by atomic mass is 10.0. The number of anilines is 1. The maximum Gasteiger partial charge on any atom is 0.238 e. The van der Waals surface area contributed by atoms with Crippen molar-refractivity contribution < 1.29 is 12.9 Å². The molecule has 2 aromatic rings. The van der Waals surface area contributed by atoms with Crippen molar-refractivity contribution in [2.75, 3.05) is 5.73 Å². The van der Waals surface area contributed by atoms with E-state index in [2.05, 4.69) is 5.16 Å². The molecule has 0 saturated heterocycles. The highest BCUT2D eigenvalue weighted by molar-refractivity contribution is 7.89. The summed E-state index contributed by atoms with van der Waals surface area (Å²) in [6.45, 7) is 3.44. The number of rotatable bonds is 2. The minimum absolute atomic E-state index is 0.0306. The fourth-order valence-corrected chi connectivity index (χ4v) is 2.63. The second-order valence-electron chi connectivity index (χ2n) is 4.00. The molecule has 18 heavy (non-hydrogen) atoms. The lowest BCUT2D eigenvalue weighted by Gasteiger charge is -2.08. The van der Waals surface area contributed by atoms with E-state index in [0.29, 0.717) is 28.3 Å². The largest absolute Gasteiger partial charge is 0.399 e. The van der Waals surface area contributed by atoms with Crippen LogP contribution in [0.3, 0.4) is 0 Å². The SMILES string of the molecule is Cc1noc(C)c1-c1ccc(N)cc1S(N)(=O)=O. The van der Waals surface area contributed by atoms with Gasteiger partial charge in [0.2, 0.25) is 10.0 Å². The first-order chi connectivity index (χ1) is 8.30. The summed E-state index contributed by atoms with van der Waals surface area (Å²) < 4.78 is 28.2. The highest BCUT2D eigenvalue weighted by Gasteiger charge is 2.20. The molecule has 7 heteroatoms. The summed E-state index contributed by atoms with van der Waals surface area (Å²) in [6.07, 6.45) is 0. The van der Waals surface area contributed by atoms with Gasteiger partial charge in [-0.3, -0.25) is 0 Å². The van der Waals surface area contributed by atoms with E-state index in [-0.39, 0.29) is 4.90 Å². The number of aryl methyl sites for hydroxylation is 2. The third kappa shape index (κ3) is 2.09. The summed E-state index contributed by atoms with van der Waals surface area (Å²) in [4.78, 5) is -0.0306. The normalized spacial score (nSPS) is 11.7. The van der Waals surface area contributed by atoms with Crippen LogP contribution in [0.15, 0.2) is 27.6 Å². The summed E-state index contributed by atoms with van der Waals surface area (Å²) in [5, 5.41) is 8.99. The number of hydrogen-bond acceptors (Lipinski definition) is 5. The van der Waals surface area contributed by atoms with Crippen molar-refractivity contribution in [3.63, 3.8) is 0 Å². The molecule has 6 nitrogen and oxygen atoms in total. The van der Waals surface area contributed by atoms with E-state index in [0.717, 1.165) is 0 Å². The molecule has 1 aromatic heterocycles. The van der Waals surface area contributed by atoms with E-state index in [1.165, 1.54) is 6.07 Å². The Morgan fingerprint density at radius 1 is 1.28 bits per heavy atom. The fourth-order valence-electron chi connectivity index (χ4n) is 1.85. The van der Waals surface area contributed by atoms with Crippen LogP contribution in [0.4, 0.5) is 5.69 Å². The molecule has 0 fully saturated rings. The predicted molar refractivity (Wildman–Crippen MR) is 67.2 cm³/mol. The van der Waals surface area contributed by atoms with Crippen LogP contribution in [0, 0.1) is 13.8 Å². The first-order valence-corrected chi connectivity index (χ1v) is 6.71. The molecule has 0 atom stereocenters. The first-order valence-electron chi connectivity index (χ1n) is 5.16. The van der Waals surface area contributed by atoms with Gasteiger partial charge < -0.3 is 10.3 Å². The minimum atomic E-state index is -3.86. The molecule has 0 aliphatic rings. The number of nitrogens with two attached hydrogens (primary N) is 2. The molecular weight excluding hydrogens is 254 g/mol. The van der Waals surface area contributed by atoms with E-state index in [9.17, 15) is 8.42 Å². The Balaban J connectivity index is 2.81. The Kier molecular flexibility index (Phi) is 2.88. The Hall–Kier alpha value is -1.86. The van der Waals surface area contributed by atoms with E-state index in [1.54, 1.807) is 26.0 Å². The van der Waals surface area contributed by atoms with Gasteiger partial charge in [0.05, 0.1) is 10.6 Å². The molecule has 0 spiro atoms. The second kappa shape index (κ2) is 4.11.